The monoisotopic (exact) mass is 256 g/mol. The minimum Gasteiger partial charge on any atom is -0.371 e. The fraction of sp³-hybridized carbons (Fsp3) is 0.438. The van der Waals surface area contributed by atoms with Crippen molar-refractivity contribution in [3.05, 3.63) is 40.7 Å². The molecule has 1 aromatic carbocycles. The van der Waals surface area contributed by atoms with Crippen molar-refractivity contribution in [2.75, 3.05) is 11.9 Å². The number of pyridine rings is 1. The van der Waals surface area contributed by atoms with Gasteiger partial charge in [0, 0.05) is 11.9 Å². The van der Waals surface area contributed by atoms with Gasteiger partial charge < -0.3 is 10.3 Å². The van der Waals surface area contributed by atoms with Crippen molar-refractivity contribution in [3.63, 3.8) is 0 Å². The van der Waals surface area contributed by atoms with Crippen molar-refractivity contribution >= 4 is 16.6 Å². The topological polar surface area (TPSA) is 44.9 Å². The van der Waals surface area contributed by atoms with Crippen LogP contribution in [0.5, 0.6) is 0 Å². The Bertz CT molecular complexity index is 653. The maximum atomic E-state index is 12.0. The third-order valence-corrected chi connectivity index (χ3v) is 4.50. The molecule has 3 rings (SSSR count). The second kappa shape index (κ2) is 4.41. The second-order valence-electron chi connectivity index (χ2n) is 5.97. The summed E-state index contributed by atoms with van der Waals surface area (Å²) < 4.78 is 0. The van der Waals surface area contributed by atoms with Gasteiger partial charge in [0.25, 0.3) is 5.56 Å². The quantitative estimate of drug-likeness (QED) is 0.881. The fourth-order valence-electron chi connectivity index (χ4n) is 2.70. The molecule has 1 saturated carbocycles. The molecule has 1 aliphatic rings. The lowest BCUT2D eigenvalue weighted by atomic mass is 9.92. The van der Waals surface area contributed by atoms with E-state index in [1.165, 1.54) is 12.8 Å². The van der Waals surface area contributed by atoms with Crippen LogP contribution in [-0.2, 0) is 0 Å². The summed E-state index contributed by atoms with van der Waals surface area (Å²) in [5.74, 6) is 1.52. The molecule has 0 spiro atoms. The second-order valence-corrected chi connectivity index (χ2v) is 5.97. The van der Waals surface area contributed by atoms with E-state index >= 15 is 0 Å². The van der Waals surface area contributed by atoms with Crippen LogP contribution in [0.4, 0.5) is 5.82 Å². The van der Waals surface area contributed by atoms with E-state index in [2.05, 4.69) is 24.1 Å². The minimum atomic E-state index is -0.0185. The zero-order valence-electron chi connectivity index (χ0n) is 11.5. The van der Waals surface area contributed by atoms with E-state index in [0.717, 1.165) is 23.1 Å². The van der Waals surface area contributed by atoms with Gasteiger partial charge in [-0.25, -0.2) is 0 Å². The minimum absolute atomic E-state index is 0.0185. The van der Waals surface area contributed by atoms with Crippen LogP contribution in [0.15, 0.2) is 35.1 Å². The lowest BCUT2D eigenvalue weighted by molar-refractivity contribution is 0.380. The fourth-order valence-corrected chi connectivity index (χ4v) is 2.70. The van der Waals surface area contributed by atoms with Crippen LogP contribution >= 0.6 is 0 Å². The molecule has 0 bridgehead atoms. The van der Waals surface area contributed by atoms with Crippen LogP contribution in [0.25, 0.3) is 10.8 Å². The van der Waals surface area contributed by atoms with Gasteiger partial charge in [-0.3, -0.25) is 4.79 Å². The number of aromatic amines is 1. The van der Waals surface area contributed by atoms with Gasteiger partial charge in [0.05, 0.1) is 0 Å². The third kappa shape index (κ3) is 2.25. The summed E-state index contributed by atoms with van der Waals surface area (Å²) in [6.07, 6.45) is 2.57. The average Bonchev–Trinajstić information content (AvgIpc) is 3.18. The smallest absolute Gasteiger partial charge is 0.257 e. The number of nitrogens with one attached hydrogen (secondary N) is 2. The van der Waals surface area contributed by atoms with Gasteiger partial charge in [0.1, 0.15) is 5.82 Å². The maximum Gasteiger partial charge on any atom is 0.257 e. The standard InChI is InChI=1S/C16H20N2O/c1-11(2)16(7-8-16)10-17-14-9-12-5-3-4-6-13(12)15(19)18-14/h3-6,9,11H,7-8,10H2,1-2H3,(H2,17,18,19). The largest absolute Gasteiger partial charge is 0.371 e. The number of H-pyrrole nitrogens is 1. The Labute approximate surface area is 113 Å². The van der Waals surface area contributed by atoms with Crippen LogP contribution in [-0.4, -0.2) is 11.5 Å². The molecule has 0 unspecified atom stereocenters. The number of benzene rings is 1. The third-order valence-electron chi connectivity index (χ3n) is 4.50. The summed E-state index contributed by atoms with van der Waals surface area (Å²) in [5.41, 5.74) is 0.415. The van der Waals surface area contributed by atoms with Gasteiger partial charge in [0.2, 0.25) is 0 Å². The zero-order chi connectivity index (χ0) is 13.5. The molecule has 19 heavy (non-hydrogen) atoms. The molecule has 0 atom stereocenters. The van der Waals surface area contributed by atoms with Crippen molar-refractivity contribution in [2.45, 2.75) is 26.7 Å². The Morgan fingerprint density at radius 3 is 2.74 bits per heavy atom. The molecule has 1 fully saturated rings. The van der Waals surface area contributed by atoms with E-state index in [-0.39, 0.29) is 5.56 Å². The number of aromatic nitrogens is 1. The van der Waals surface area contributed by atoms with Crippen molar-refractivity contribution in [3.8, 4) is 0 Å². The van der Waals surface area contributed by atoms with Gasteiger partial charge >= 0.3 is 0 Å². The number of hydrogen-bond donors (Lipinski definition) is 2. The van der Waals surface area contributed by atoms with Crippen LogP contribution < -0.4 is 10.9 Å². The molecular formula is C16H20N2O. The molecule has 1 aromatic heterocycles. The Balaban J connectivity index is 1.84. The summed E-state index contributed by atoms with van der Waals surface area (Å²) >= 11 is 0. The molecule has 2 N–H and O–H groups in total. The molecule has 1 heterocycles. The number of rotatable bonds is 4. The highest BCUT2D eigenvalue weighted by Crippen LogP contribution is 2.51. The Morgan fingerprint density at radius 1 is 1.32 bits per heavy atom. The molecule has 0 amide bonds. The van der Waals surface area contributed by atoms with Gasteiger partial charge in [-0.05, 0) is 41.7 Å². The van der Waals surface area contributed by atoms with Crippen molar-refractivity contribution < 1.29 is 0 Å². The van der Waals surface area contributed by atoms with E-state index in [0.29, 0.717) is 11.3 Å². The summed E-state index contributed by atoms with van der Waals surface area (Å²) in [5, 5.41) is 5.14. The Hall–Kier alpha value is -1.77. The van der Waals surface area contributed by atoms with Crippen molar-refractivity contribution in [2.24, 2.45) is 11.3 Å². The predicted octanol–water partition coefficient (Wildman–Crippen LogP) is 3.38. The highest BCUT2D eigenvalue weighted by molar-refractivity contribution is 5.83. The first-order valence-electron chi connectivity index (χ1n) is 6.97. The molecule has 0 saturated heterocycles. The van der Waals surface area contributed by atoms with Crippen LogP contribution in [0.1, 0.15) is 26.7 Å². The molecule has 0 radical (unpaired) electrons. The SMILES string of the molecule is CC(C)C1(CNc2cc3ccccc3c(=O)[nH]2)CC1. The van der Waals surface area contributed by atoms with Crippen LogP contribution in [0, 0.1) is 11.3 Å². The van der Waals surface area contributed by atoms with Gasteiger partial charge in [-0.1, -0.05) is 32.0 Å². The van der Waals surface area contributed by atoms with E-state index < -0.39 is 0 Å². The molecular weight excluding hydrogens is 236 g/mol. The summed E-state index contributed by atoms with van der Waals surface area (Å²) in [4.78, 5) is 14.9. The van der Waals surface area contributed by atoms with Gasteiger partial charge in [-0.15, -0.1) is 0 Å². The maximum absolute atomic E-state index is 12.0. The lowest BCUT2D eigenvalue weighted by Crippen LogP contribution is -2.22. The van der Waals surface area contributed by atoms with E-state index in [4.69, 9.17) is 0 Å². The number of fused-ring (bicyclic) bond motifs is 1. The Kier molecular flexibility index (Phi) is 2.85. The molecule has 2 aromatic rings. The first kappa shape index (κ1) is 12.3. The highest BCUT2D eigenvalue weighted by Gasteiger charge is 2.44. The van der Waals surface area contributed by atoms with Crippen molar-refractivity contribution in [1.29, 1.82) is 0 Å². The molecule has 0 aliphatic heterocycles. The summed E-state index contributed by atoms with van der Waals surface area (Å²) in [6, 6.07) is 9.71. The molecule has 1 aliphatic carbocycles. The lowest BCUT2D eigenvalue weighted by Gasteiger charge is -2.20. The zero-order valence-corrected chi connectivity index (χ0v) is 11.5. The van der Waals surface area contributed by atoms with Crippen LogP contribution in [0.2, 0.25) is 0 Å². The Morgan fingerprint density at radius 2 is 2.05 bits per heavy atom. The van der Waals surface area contributed by atoms with E-state index in [1.807, 2.05) is 30.3 Å². The van der Waals surface area contributed by atoms with Crippen molar-refractivity contribution in [1.82, 2.24) is 4.98 Å². The van der Waals surface area contributed by atoms with E-state index in [9.17, 15) is 4.79 Å². The van der Waals surface area contributed by atoms with E-state index in [1.54, 1.807) is 0 Å². The summed E-state index contributed by atoms with van der Waals surface area (Å²) in [7, 11) is 0. The number of hydrogen-bond acceptors (Lipinski definition) is 2. The van der Waals surface area contributed by atoms with Gasteiger partial charge in [0.15, 0.2) is 0 Å². The normalized spacial score (nSPS) is 16.8. The first-order chi connectivity index (χ1) is 9.11. The van der Waals surface area contributed by atoms with Crippen LogP contribution in [0.3, 0.4) is 0 Å². The first-order valence-corrected chi connectivity index (χ1v) is 6.97. The van der Waals surface area contributed by atoms with Gasteiger partial charge in [-0.2, -0.15) is 0 Å². The number of anilines is 1. The predicted molar refractivity (Wildman–Crippen MR) is 79.6 cm³/mol. The molecule has 3 nitrogen and oxygen atoms in total. The molecule has 3 heteroatoms. The average molecular weight is 256 g/mol. The highest BCUT2D eigenvalue weighted by atomic mass is 16.1. The molecule has 100 valence electrons. The summed E-state index contributed by atoms with van der Waals surface area (Å²) in [6.45, 7) is 5.49.